The molecule has 0 radical (unpaired) electrons. The van der Waals surface area contributed by atoms with Gasteiger partial charge in [-0.05, 0) is 0 Å². The second kappa shape index (κ2) is 6.26. The molecule has 2 unspecified atom stereocenters. The minimum atomic E-state index is -0.659. The van der Waals surface area contributed by atoms with E-state index >= 15 is 0 Å². The lowest BCUT2D eigenvalue weighted by Gasteiger charge is -2.14. The van der Waals surface area contributed by atoms with E-state index in [0.29, 0.717) is 13.2 Å². The number of aliphatic hydroxyl groups excluding tert-OH is 1. The molecule has 1 aromatic heterocycles. The van der Waals surface area contributed by atoms with Crippen LogP contribution in [-0.4, -0.2) is 54.8 Å². The Kier molecular flexibility index (Phi) is 4.52. The van der Waals surface area contributed by atoms with E-state index in [-0.39, 0.29) is 42.4 Å². The molecule has 1 N–H and O–H groups in total. The Bertz CT molecular complexity index is 678. The third kappa shape index (κ3) is 3.34. The zero-order chi connectivity index (χ0) is 15.9. The fourth-order valence-electron chi connectivity index (χ4n) is 2.16. The van der Waals surface area contributed by atoms with Crippen LogP contribution in [0, 0.1) is 0 Å². The molecule has 1 aromatic rings. The minimum Gasteiger partial charge on any atom is -0.395 e. The highest BCUT2D eigenvalue weighted by molar-refractivity contribution is 14.1. The lowest BCUT2D eigenvalue weighted by Crippen LogP contribution is -2.56. The largest absolute Gasteiger partial charge is 0.395 e. The van der Waals surface area contributed by atoms with E-state index in [1.165, 1.54) is 0 Å². The Balaban J connectivity index is 2.07. The maximum Gasteiger partial charge on any atom is 0.336 e. The summed E-state index contributed by atoms with van der Waals surface area (Å²) in [6.07, 6.45) is -0.314. The molecule has 122 valence electrons. The van der Waals surface area contributed by atoms with Crippen molar-refractivity contribution in [1.82, 2.24) is 13.7 Å². The van der Waals surface area contributed by atoms with Crippen LogP contribution in [0.15, 0.2) is 14.4 Å². The van der Waals surface area contributed by atoms with Gasteiger partial charge in [0.05, 0.1) is 49.0 Å². The summed E-state index contributed by atoms with van der Waals surface area (Å²) in [5.41, 5.74) is -1.95. The average molecular weight is 425 g/mol. The van der Waals surface area contributed by atoms with E-state index in [9.17, 15) is 14.4 Å². The molecule has 0 aromatic carbocycles. The first-order valence-corrected chi connectivity index (χ1v) is 8.18. The first kappa shape index (κ1) is 15.9. The van der Waals surface area contributed by atoms with Gasteiger partial charge >= 0.3 is 17.1 Å². The van der Waals surface area contributed by atoms with Gasteiger partial charge in [0.1, 0.15) is 0 Å². The number of epoxide rings is 2. The number of aromatic nitrogens is 3. The van der Waals surface area contributed by atoms with Gasteiger partial charge in [-0.15, -0.1) is 0 Å². The molecule has 0 amide bonds. The van der Waals surface area contributed by atoms with Crippen LogP contribution in [-0.2, 0) is 29.1 Å². The smallest absolute Gasteiger partial charge is 0.336 e. The molecular formula is C12H16IN3O6. The number of rotatable bonds is 7. The van der Waals surface area contributed by atoms with Crippen LogP contribution in [0.1, 0.15) is 0 Å². The molecule has 0 bridgehead atoms. The van der Waals surface area contributed by atoms with E-state index in [0.717, 1.165) is 13.7 Å². The highest BCUT2D eigenvalue weighted by Gasteiger charge is 2.29. The standard InChI is InChI=1S/C12H16IN3O6/c13-7(4-17)1-14-10(18)15(2-8-5-21-8)12(20)16(11(14)19)3-9-6-22-9/h7-9,17H,1-6H2/t7?,8-,9?/m1/s1. The number of nitrogens with zero attached hydrogens (tertiary/aromatic N) is 3. The Hall–Kier alpha value is -0.980. The van der Waals surface area contributed by atoms with Crippen LogP contribution < -0.4 is 17.1 Å². The average Bonchev–Trinajstić information content (AvgIpc) is 3.39. The van der Waals surface area contributed by atoms with Gasteiger partial charge in [-0.2, -0.15) is 0 Å². The molecule has 2 saturated heterocycles. The topological polar surface area (TPSA) is 111 Å². The van der Waals surface area contributed by atoms with Crippen molar-refractivity contribution in [2.45, 2.75) is 35.8 Å². The van der Waals surface area contributed by atoms with Crippen LogP contribution in [0.25, 0.3) is 0 Å². The van der Waals surface area contributed by atoms with Gasteiger partial charge in [0.15, 0.2) is 0 Å². The number of halogens is 1. The molecule has 3 atom stereocenters. The minimum absolute atomic E-state index is 0.0477. The summed E-state index contributed by atoms with van der Waals surface area (Å²) in [6, 6.07) is 0. The van der Waals surface area contributed by atoms with Gasteiger partial charge in [0.2, 0.25) is 0 Å². The van der Waals surface area contributed by atoms with E-state index < -0.39 is 17.1 Å². The molecular weight excluding hydrogens is 409 g/mol. The molecule has 2 fully saturated rings. The normalized spacial score (nSPS) is 24.3. The quantitative estimate of drug-likeness (QED) is 0.301. The van der Waals surface area contributed by atoms with Crippen molar-refractivity contribution >= 4 is 22.6 Å². The Morgan fingerprint density at radius 3 is 1.77 bits per heavy atom. The monoisotopic (exact) mass is 425 g/mol. The van der Waals surface area contributed by atoms with Crippen molar-refractivity contribution in [1.29, 1.82) is 0 Å². The Morgan fingerprint density at radius 1 is 1.00 bits per heavy atom. The number of ether oxygens (including phenoxy) is 2. The number of alkyl halides is 1. The first-order valence-electron chi connectivity index (χ1n) is 6.94. The lowest BCUT2D eigenvalue weighted by molar-refractivity contribution is 0.284. The Labute approximate surface area is 138 Å². The zero-order valence-electron chi connectivity index (χ0n) is 11.7. The maximum atomic E-state index is 12.4. The highest BCUT2D eigenvalue weighted by atomic mass is 127. The van der Waals surface area contributed by atoms with Crippen LogP contribution in [0.5, 0.6) is 0 Å². The summed E-state index contributed by atoms with van der Waals surface area (Å²) in [6.45, 7) is 1.16. The van der Waals surface area contributed by atoms with E-state index in [1.807, 2.05) is 22.6 Å². The third-order valence-corrected chi connectivity index (χ3v) is 4.33. The van der Waals surface area contributed by atoms with E-state index in [1.54, 1.807) is 0 Å². The van der Waals surface area contributed by atoms with E-state index in [4.69, 9.17) is 14.6 Å². The molecule has 2 aliphatic rings. The van der Waals surface area contributed by atoms with Crippen molar-refractivity contribution in [2.75, 3.05) is 19.8 Å². The summed E-state index contributed by atoms with van der Waals surface area (Å²) in [7, 11) is 0. The number of aliphatic hydroxyl groups is 1. The van der Waals surface area contributed by atoms with Gasteiger partial charge in [0.25, 0.3) is 0 Å². The summed E-state index contributed by atoms with van der Waals surface area (Å²) < 4.78 is 12.9. The summed E-state index contributed by atoms with van der Waals surface area (Å²) >= 11 is 1.96. The van der Waals surface area contributed by atoms with Crippen LogP contribution in [0.2, 0.25) is 0 Å². The first-order chi connectivity index (χ1) is 10.5. The summed E-state index contributed by atoms with van der Waals surface area (Å²) in [4.78, 5) is 37.2. The highest BCUT2D eigenvalue weighted by Crippen LogP contribution is 2.10. The van der Waals surface area contributed by atoms with Crippen molar-refractivity contribution in [2.24, 2.45) is 0 Å². The van der Waals surface area contributed by atoms with Gasteiger partial charge in [-0.3, -0.25) is 0 Å². The second-order valence-corrected chi connectivity index (χ2v) is 7.13. The van der Waals surface area contributed by atoms with Crippen molar-refractivity contribution in [3.63, 3.8) is 0 Å². The molecule has 0 spiro atoms. The molecule has 3 rings (SSSR count). The predicted molar refractivity (Wildman–Crippen MR) is 83.6 cm³/mol. The van der Waals surface area contributed by atoms with Crippen molar-refractivity contribution in [3.05, 3.63) is 31.5 Å². The fraction of sp³-hybridized carbons (Fsp3) is 0.750. The fourth-order valence-corrected chi connectivity index (χ4v) is 2.56. The zero-order valence-corrected chi connectivity index (χ0v) is 13.8. The SMILES string of the molecule is O=c1n(CC(I)CO)c(=O)n(C[C@@H]2CO2)c(=O)n1CC1CO1. The molecule has 9 nitrogen and oxygen atoms in total. The van der Waals surface area contributed by atoms with Crippen LogP contribution >= 0.6 is 22.6 Å². The van der Waals surface area contributed by atoms with Gasteiger partial charge < -0.3 is 14.6 Å². The molecule has 10 heteroatoms. The maximum absolute atomic E-state index is 12.4. The van der Waals surface area contributed by atoms with Gasteiger partial charge in [-0.1, -0.05) is 22.6 Å². The van der Waals surface area contributed by atoms with E-state index in [2.05, 4.69) is 0 Å². The second-order valence-electron chi connectivity index (χ2n) is 5.37. The molecule has 3 heterocycles. The lowest BCUT2D eigenvalue weighted by atomic mass is 10.4. The number of hydrogen-bond acceptors (Lipinski definition) is 6. The van der Waals surface area contributed by atoms with Crippen molar-refractivity contribution < 1.29 is 14.6 Å². The predicted octanol–water partition coefficient (Wildman–Crippen LogP) is -2.23. The van der Waals surface area contributed by atoms with Gasteiger partial charge in [0, 0.05) is 6.54 Å². The molecule has 22 heavy (non-hydrogen) atoms. The summed E-state index contributed by atoms with van der Waals surface area (Å²) in [5, 5.41) is 9.14. The van der Waals surface area contributed by atoms with Crippen LogP contribution in [0.4, 0.5) is 0 Å². The molecule has 0 saturated carbocycles. The van der Waals surface area contributed by atoms with Crippen molar-refractivity contribution in [3.8, 4) is 0 Å². The summed E-state index contributed by atoms with van der Waals surface area (Å²) in [5.74, 6) is 0. The Morgan fingerprint density at radius 2 is 1.41 bits per heavy atom. The van der Waals surface area contributed by atoms with Gasteiger partial charge in [-0.25, -0.2) is 28.1 Å². The molecule has 2 aliphatic heterocycles. The van der Waals surface area contributed by atoms with Crippen LogP contribution in [0.3, 0.4) is 0 Å². The molecule has 0 aliphatic carbocycles. The number of hydrogen-bond donors (Lipinski definition) is 1. The third-order valence-electron chi connectivity index (χ3n) is 3.54.